The maximum Gasteiger partial charge on any atom is 0.337 e. The number of hydrogen-bond acceptors (Lipinski definition) is 5. The highest BCUT2D eigenvalue weighted by Crippen LogP contribution is 2.13. The molecule has 1 fully saturated rings. The predicted molar refractivity (Wildman–Crippen MR) is 67.0 cm³/mol. The standard InChI is InChI=1S/C13H15NO5/c1-17-13(16)9-3-2-4-10(7-9)14-12(15)11-8-18-5-6-19-11/h2-4,7,11H,5-6,8H2,1H3,(H,14,15). The SMILES string of the molecule is COC(=O)c1cccc(NC(=O)C2COCCO2)c1. The van der Waals surface area contributed by atoms with Crippen LogP contribution in [0.4, 0.5) is 5.69 Å². The average molecular weight is 265 g/mol. The molecule has 0 saturated carbocycles. The molecule has 1 aliphatic rings. The topological polar surface area (TPSA) is 73.9 Å². The monoisotopic (exact) mass is 265 g/mol. The third-order valence-electron chi connectivity index (χ3n) is 2.66. The first kappa shape index (κ1) is 13.5. The maximum atomic E-state index is 11.9. The Morgan fingerprint density at radius 3 is 2.89 bits per heavy atom. The van der Waals surface area contributed by atoms with Crippen molar-refractivity contribution in [2.24, 2.45) is 0 Å². The van der Waals surface area contributed by atoms with Gasteiger partial charge in [0.2, 0.25) is 0 Å². The molecule has 102 valence electrons. The zero-order valence-electron chi connectivity index (χ0n) is 10.5. The van der Waals surface area contributed by atoms with Gasteiger partial charge in [0.25, 0.3) is 5.91 Å². The molecule has 1 heterocycles. The Hall–Kier alpha value is -1.92. The Labute approximate surface area is 110 Å². The van der Waals surface area contributed by atoms with E-state index in [-0.39, 0.29) is 12.5 Å². The van der Waals surface area contributed by atoms with Gasteiger partial charge in [0.15, 0.2) is 6.10 Å². The van der Waals surface area contributed by atoms with Crippen molar-refractivity contribution in [3.63, 3.8) is 0 Å². The predicted octanol–water partition coefficient (Wildman–Crippen LogP) is 0.827. The number of benzene rings is 1. The van der Waals surface area contributed by atoms with E-state index in [1.165, 1.54) is 7.11 Å². The molecule has 1 aromatic carbocycles. The first-order valence-corrected chi connectivity index (χ1v) is 5.89. The highest BCUT2D eigenvalue weighted by molar-refractivity contribution is 5.96. The summed E-state index contributed by atoms with van der Waals surface area (Å²) in [4.78, 5) is 23.3. The van der Waals surface area contributed by atoms with Crippen molar-refractivity contribution >= 4 is 17.6 Å². The van der Waals surface area contributed by atoms with E-state index in [9.17, 15) is 9.59 Å². The van der Waals surface area contributed by atoms with Gasteiger partial charge in [-0.25, -0.2) is 4.79 Å². The number of methoxy groups -OCH3 is 1. The fourth-order valence-electron chi connectivity index (χ4n) is 1.70. The molecule has 1 aromatic rings. The summed E-state index contributed by atoms with van der Waals surface area (Å²) in [7, 11) is 1.31. The van der Waals surface area contributed by atoms with Crippen LogP contribution in [0.5, 0.6) is 0 Å². The van der Waals surface area contributed by atoms with Crippen molar-refractivity contribution in [3.05, 3.63) is 29.8 Å². The molecule has 6 nitrogen and oxygen atoms in total. The van der Waals surface area contributed by atoms with Crippen molar-refractivity contribution in [3.8, 4) is 0 Å². The molecular formula is C13H15NO5. The second kappa shape index (κ2) is 6.31. The van der Waals surface area contributed by atoms with Crippen molar-refractivity contribution in [1.29, 1.82) is 0 Å². The lowest BCUT2D eigenvalue weighted by Gasteiger charge is -2.22. The molecule has 1 amide bonds. The van der Waals surface area contributed by atoms with Crippen molar-refractivity contribution < 1.29 is 23.8 Å². The van der Waals surface area contributed by atoms with Gasteiger partial charge < -0.3 is 19.5 Å². The highest BCUT2D eigenvalue weighted by atomic mass is 16.6. The van der Waals surface area contributed by atoms with Crippen LogP contribution in [-0.4, -0.2) is 44.9 Å². The second-order valence-electron chi connectivity index (χ2n) is 4.00. The van der Waals surface area contributed by atoms with Gasteiger partial charge in [-0.2, -0.15) is 0 Å². The van der Waals surface area contributed by atoms with E-state index >= 15 is 0 Å². The third kappa shape index (κ3) is 3.52. The zero-order chi connectivity index (χ0) is 13.7. The Bertz CT molecular complexity index is 468. The second-order valence-corrected chi connectivity index (χ2v) is 4.00. The van der Waals surface area contributed by atoms with E-state index in [2.05, 4.69) is 10.1 Å². The average Bonchev–Trinajstić information content (AvgIpc) is 2.47. The fraction of sp³-hybridized carbons (Fsp3) is 0.385. The fourth-order valence-corrected chi connectivity index (χ4v) is 1.70. The van der Waals surface area contributed by atoms with E-state index in [4.69, 9.17) is 9.47 Å². The van der Waals surface area contributed by atoms with Crippen molar-refractivity contribution in [2.75, 3.05) is 32.2 Å². The zero-order valence-corrected chi connectivity index (χ0v) is 10.5. The smallest absolute Gasteiger partial charge is 0.337 e. The molecule has 2 rings (SSSR count). The molecule has 1 N–H and O–H groups in total. The maximum absolute atomic E-state index is 11.9. The summed E-state index contributed by atoms with van der Waals surface area (Å²) in [6.45, 7) is 1.14. The van der Waals surface area contributed by atoms with Gasteiger partial charge in [0.1, 0.15) is 0 Å². The van der Waals surface area contributed by atoms with Crippen LogP contribution in [0.3, 0.4) is 0 Å². The van der Waals surface area contributed by atoms with Crippen molar-refractivity contribution in [2.45, 2.75) is 6.10 Å². The lowest BCUT2D eigenvalue weighted by Crippen LogP contribution is -2.39. The Kier molecular flexibility index (Phi) is 4.48. The molecule has 6 heteroatoms. The van der Waals surface area contributed by atoms with Crippen LogP contribution in [0, 0.1) is 0 Å². The Morgan fingerprint density at radius 1 is 1.37 bits per heavy atom. The van der Waals surface area contributed by atoms with Gasteiger partial charge in [0.05, 0.1) is 32.5 Å². The van der Waals surface area contributed by atoms with Crippen LogP contribution in [0.25, 0.3) is 0 Å². The number of anilines is 1. The van der Waals surface area contributed by atoms with Crippen LogP contribution in [0.2, 0.25) is 0 Å². The first-order chi connectivity index (χ1) is 9.20. The Balaban J connectivity index is 2.02. The third-order valence-corrected chi connectivity index (χ3v) is 2.66. The molecule has 0 bridgehead atoms. The van der Waals surface area contributed by atoms with Gasteiger partial charge >= 0.3 is 5.97 Å². The van der Waals surface area contributed by atoms with Gasteiger partial charge in [-0.1, -0.05) is 6.07 Å². The largest absolute Gasteiger partial charge is 0.465 e. The van der Waals surface area contributed by atoms with Gasteiger partial charge in [-0.3, -0.25) is 4.79 Å². The minimum Gasteiger partial charge on any atom is -0.465 e. The normalized spacial score (nSPS) is 18.7. The summed E-state index contributed by atoms with van der Waals surface area (Å²) in [5, 5.41) is 2.68. The minimum absolute atomic E-state index is 0.239. The molecular weight excluding hydrogens is 250 g/mol. The number of ether oxygens (including phenoxy) is 3. The van der Waals surface area contributed by atoms with Crippen LogP contribution < -0.4 is 5.32 Å². The molecule has 1 unspecified atom stereocenters. The molecule has 1 aliphatic heterocycles. The van der Waals surface area contributed by atoms with E-state index in [0.29, 0.717) is 24.5 Å². The summed E-state index contributed by atoms with van der Waals surface area (Å²) in [6.07, 6.45) is -0.615. The van der Waals surface area contributed by atoms with Gasteiger partial charge in [-0.05, 0) is 18.2 Å². The van der Waals surface area contributed by atoms with Crippen LogP contribution in [0.15, 0.2) is 24.3 Å². The van der Waals surface area contributed by atoms with Crippen LogP contribution >= 0.6 is 0 Å². The lowest BCUT2D eigenvalue weighted by molar-refractivity contribution is -0.142. The number of rotatable bonds is 3. The van der Waals surface area contributed by atoms with Gasteiger partial charge in [-0.15, -0.1) is 0 Å². The molecule has 1 atom stereocenters. The number of hydrogen-bond donors (Lipinski definition) is 1. The van der Waals surface area contributed by atoms with E-state index < -0.39 is 12.1 Å². The quantitative estimate of drug-likeness (QED) is 0.819. The number of amides is 1. The van der Waals surface area contributed by atoms with Crippen LogP contribution in [0.1, 0.15) is 10.4 Å². The summed E-state index contributed by atoms with van der Waals surface area (Å²) in [6, 6.07) is 6.52. The summed E-state index contributed by atoms with van der Waals surface area (Å²) in [5.41, 5.74) is 0.892. The first-order valence-electron chi connectivity index (χ1n) is 5.89. The van der Waals surface area contributed by atoms with Gasteiger partial charge in [0, 0.05) is 5.69 Å². The van der Waals surface area contributed by atoms with E-state index in [0.717, 1.165) is 0 Å². The molecule has 0 aliphatic carbocycles. The van der Waals surface area contributed by atoms with Crippen molar-refractivity contribution in [1.82, 2.24) is 0 Å². The molecule has 0 radical (unpaired) electrons. The molecule has 1 saturated heterocycles. The van der Waals surface area contributed by atoms with E-state index in [1.54, 1.807) is 24.3 Å². The summed E-state index contributed by atoms with van der Waals surface area (Å²) >= 11 is 0. The number of nitrogens with one attached hydrogen (secondary N) is 1. The molecule has 0 spiro atoms. The lowest BCUT2D eigenvalue weighted by atomic mass is 10.2. The highest BCUT2D eigenvalue weighted by Gasteiger charge is 2.22. The number of esters is 1. The Morgan fingerprint density at radius 2 is 2.21 bits per heavy atom. The molecule has 0 aromatic heterocycles. The van der Waals surface area contributed by atoms with E-state index in [1.807, 2.05) is 0 Å². The summed E-state index contributed by atoms with van der Waals surface area (Å²) < 4.78 is 15.1. The molecule has 19 heavy (non-hydrogen) atoms. The summed E-state index contributed by atoms with van der Waals surface area (Å²) in [5.74, 6) is -0.741. The minimum atomic E-state index is -0.615. The number of carbonyl (C=O) groups excluding carboxylic acids is 2. The number of carbonyl (C=O) groups is 2. The van der Waals surface area contributed by atoms with Crippen LogP contribution in [-0.2, 0) is 19.0 Å².